The second kappa shape index (κ2) is 9.45. The van der Waals surface area contributed by atoms with Crippen molar-refractivity contribution >= 4 is 51.4 Å². The number of amides is 1. The van der Waals surface area contributed by atoms with Gasteiger partial charge in [-0.15, -0.1) is 10.2 Å². The van der Waals surface area contributed by atoms with Crippen molar-refractivity contribution in [2.45, 2.75) is 13.5 Å². The molecule has 2 heterocycles. The maximum atomic E-state index is 14.2. The molecule has 0 saturated heterocycles. The van der Waals surface area contributed by atoms with Crippen molar-refractivity contribution < 1.29 is 9.18 Å². The molecule has 34 heavy (non-hydrogen) atoms. The number of aromatic nitrogens is 4. The van der Waals surface area contributed by atoms with Gasteiger partial charge in [0, 0.05) is 17.3 Å². The Morgan fingerprint density at radius 3 is 2.62 bits per heavy atom. The van der Waals surface area contributed by atoms with Gasteiger partial charge < -0.3 is 15.7 Å². The second-order valence-electron chi connectivity index (χ2n) is 7.22. The number of thiocarbonyl (C=S) groups is 1. The summed E-state index contributed by atoms with van der Waals surface area (Å²) in [6.07, 6.45) is 1.31. The summed E-state index contributed by atoms with van der Waals surface area (Å²) < 4.78 is 17.0. The molecule has 0 radical (unpaired) electrons. The van der Waals surface area contributed by atoms with Crippen molar-refractivity contribution in [1.82, 2.24) is 30.3 Å². The maximum absolute atomic E-state index is 14.2. The molecule has 174 valence electrons. The lowest BCUT2D eigenvalue weighted by Crippen LogP contribution is -2.45. The predicted molar refractivity (Wildman–Crippen MR) is 130 cm³/mol. The lowest BCUT2D eigenvalue weighted by atomic mass is 10.1. The molecule has 4 rings (SSSR count). The monoisotopic (exact) mass is 500 g/mol. The number of hydrazine groups is 1. The Balaban J connectivity index is 1.66. The van der Waals surface area contributed by atoms with Gasteiger partial charge in [-0.05, 0) is 43.4 Å². The van der Waals surface area contributed by atoms with Crippen LogP contribution in [0.3, 0.4) is 0 Å². The molecule has 5 N–H and O–H groups in total. The first kappa shape index (κ1) is 23.1. The van der Waals surface area contributed by atoms with E-state index in [9.17, 15) is 14.0 Å². The van der Waals surface area contributed by atoms with Crippen LogP contribution in [0.15, 0.2) is 53.5 Å². The maximum Gasteiger partial charge on any atom is 0.275 e. The number of hydrogen-bond donors (Lipinski definition) is 4. The molecule has 0 aliphatic carbocycles. The average molecular weight is 501 g/mol. The van der Waals surface area contributed by atoms with E-state index in [1.54, 1.807) is 19.1 Å². The highest BCUT2D eigenvalue weighted by molar-refractivity contribution is 7.80. The quantitative estimate of drug-likeness (QED) is 0.190. The topological polar surface area (TPSA) is 132 Å². The predicted octanol–water partition coefficient (Wildman–Crippen LogP) is 2.09. The van der Waals surface area contributed by atoms with Gasteiger partial charge in [0.05, 0.1) is 17.1 Å². The molecule has 1 amide bonds. The van der Waals surface area contributed by atoms with Crippen LogP contribution in [-0.4, -0.2) is 30.5 Å². The van der Waals surface area contributed by atoms with E-state index in [0.717, 1.165) is 6.07 Å². The summed E-state index contributed by atoms with van der Waals surface area (Å²) >= 11 is 11.1. The Morgan fingerprint density at radius 1 is 1.21 bits per heavy atom. The number of anilines is 1. The molecule has 4 aromatic rings. The smallest absolute Gasteiger partial charge is 0.275 e. The normalized spacial score (nSPS) is 10.8. The van der Waals surface area contributed by atoms with Crippen molar-refractivity contribution in [3.05, 3.63) is 86.9 Å². The van der Waals surface area contributed by atoms with E-state index in [4.69, 9.17) is 29.7 Å². The number of aryl methyl sites for hydroxylation is 1. The Hall–Kier alpha value is -4.03. The number of pyridine rings is 1. The fourth-order valence-corrected chi connectivity index (χ4v) is 3.54. The summed E-state index contributed by atoms with van der Waals surface area (Å²) in [5.74, 6) is 5.18. The van der Waals surface area contributed by atoms with Gasteiger partial charge in [0.2, 0.25) is 5.43 Å². The summed E-state index contributed by atoms with van der Waals surface area (Å²) in [6, 6.07) is 11.3. The zero-order valence-electron chi connectivity index (χ0n) is 17.7. The number of nitrogens with two attached hydrogens (primary N) is 1. The number of para-hydroxylation sites is 1. The Labute approximate surface area is 202 Å². The van der Waals surface area contributed by atoms with Crippen LogP contribution in [0.2, 0.25) is 5.02 Å². The molecule has 0 bridgehead atoms. The lowest BCUT2D eigenvalue weighted by Gasteiger charge is -2.15. The fraction of sp³-hybridized carbons (Fsp3) is 0.0952. The van der Waals surface area contributed by atoms with Crippen LogP contribution in [0.4, 0.5) is 10.1 Å². The summed E-state index contributed by atoms with van der Waals surface area (Å²) in [5.41, 5.74) is 4.96. The van der Waals surface area contributed by atoms with Gasteiger partial charge in [0.15, 0.2) is 10.9 Å². The van der Waals surface area contributed by atoms with E-state index < -0.39 is 17.2 Å². The number of nitrogens with one attached hydrogen (secondary N) is 3. The number of rotatable bonds is 4. The molecule has 2 aromatic heterocycles. The molecule has 0 atom stereocenters. The molecule has 0 aliphatic rings. The Morgan fingerprint density at radius 2 is 1.94 bits per heavy atom. The highest BCUT2D eigenvalue weighted by Gasteiger charge is 2.19. The summed E-state index contributed by atoms with van der Waals surface area (Å²) in [4.78, 5) is 25.9. The van der Waals surface area contributed by atoms with Gasteiger partial charge in [0.1, 0.15) is 17.2 Å². The third-order valence-electron chi connectivity index (χ3n) is 4.94. The van der Waals surface area contributed by atoms with Crippen molar-refractivity contribution in [3.8, 4) is 0 Å². The number of nitrogens with zero attached hydrogens (tertiary/aromatic N) is 4. The van der Waals surface area contributed by atoms with E-state index in [0.29, 0.717) is 22.9 Å². The first-order chi connectivity index (χ1) is 16.2. The zero-order valence-corrected chi connectivity index (χ0v) is 19.2. The molecule has 0 fully saturated rings. The van der Waals surface area contributed by atoms with Crippen LogP contribution in [0.25, 0.3) is 10.9 Å². The average Bonchev–Trinajstić information content (AvgIpc) is 3.13. The van der Waals surface area contributed by atoms with Crippen LogP contribution in [0.5, 0.6) is 0 Å². The molecule has 10 nitrogen and oxygen atoms in total. The van der Waals surface area contributed by atoms with Crippen LogP contribution in [0, 0.1) is 12.7 Å². The summed E-state index contributed by atoms with van der Waals surface area (Å²) in [5, 5.41) is 10.7. The number of halogens is 2. The number of carbonyl (C=O) groups is 1. The molecule has 0 spiro atoms. The minimum Gasteiger partial charge on any atom is -0.339 e. The van der Waals surface area contributed by atoms with Gasteiger partial charge in [-0.1, -0.05) is 29.8 Å². The van der Waals surface area contributed by atoms with E-state index in [2.05, 4.69) is 26.4 Å². The zero-order chi connectivity index (χ0) is 24.4. The van der Waals surface area contributed by atoms with Crippen molar-refractivity contribution in [2.75, 3.05) is 11.2 Å². The molecule has 2 aromatic carbocycles. The third-order valence-corrected chi connectivity index (χ3v) is 5.43. The van der Waals surface area contributed by atoms with Gasteiger partial charge in [0.25, 0.3) is 5.91 Å². The third kappa shape index (κ3) is 4.67. The Kier molecular flexibility index (Phi) is 6.43. The summed E-state index contributed by atoms with van der Waals surface area (Å²) in [7, 11) is 0. The highest BCUT2D eigenvalue weighted by atomic mass is 35.5. The largest absolute Gasteiger partial charge is 0.339 e. The van der Waals surface area contributed by atoms with E-state index in [1.807, 2.05) is 18.2 Å². The molecule has 0 aliphatic heterocycles. The Bertz CT molecular complexity index is 1470. The van der Waals surface area contributed by atoms with Crippen LogP contribution < -0.4 is 27.4 Å². The second-order valence-corrected chi connectivity index (χ2v) is 8.03. The van der Waals surface area contributed by atoms with Gasteiger partial charge in [-0.2, -0.15) is 0 Å². The molecular formula is C21H18ClFN8O2S. The number of benzene rings is 2. The van der Waals surface area contributed by atoms with Crippen molar-refractivity contribution in [1.29, 1.82) is 0 Å². The fourth-order valence-electron chi connectivity index (χ4n) is 3.22. The highest BCUT2D eigenvalue weighted by Crippen LogP contribution is 2.22. The number of nitrogen functional groups attached to an aromatic ring is 1. The van der Waals surface area contributed by atoms with Gasteiger partial charge in [-0.3, -0.25) is 20.4 Å². The number of fused-ring (bicyclic) bond motifs is 1. The van der Waals surface area contributed by atoms with Crippen LogP contribution >= 0.6 is 23.8 Å². The van der Waals surface area contributed by atoms with Gasteiger partial charge in [-0.25, -0.2) is 9.07 Å². The van der Waals surface area contributed by atoms with Crippen molar-refractivity contribution in [2.24, 2.45) is 0 Å². The van der Waals surface area contributed by atoms with Crippen LogP contribution in [-0.2, 0) is 6.54 Å². The number of carbonyl (C=O) groups excluding carboxylic acids is 1. The first-order valence-electron chi connectivity index (χ1n) is 9.85. The minimum absolute atomic E-state index is 0.0394. The van der Waals surface area contributed by atoms with E-state index >= 15 is 0 Å². The first-order valence-corrected chi connectivity index (χ1v) is 10.6. The standard InChI is InChI=1S/C21H18ClFN8O2S/c1-11-26-27-18(31(11)24)10-30-9-14(19(32)13-7-16(23)15(22)8-17(13)30)20(33)28-29-21(34)25-12-5-3-2-4-6-12/h2-9H,10,24H2,1H3,(H,28,33)(H2,25,29,34). The lowest BCUT2D eigenvalue weighted by molar-refractivity contribution is 0.0942. The SMILES string of the molecule is Cc1nnc(Cn2cc(C(=O)NNC(=S)Nc3ccccc3)c(=O)c3cc(F)c(Cl)cc32)n1N. The van der Waals surface area contributed by atoms with Crippen molar-refractivity contribution in [3.63, 3.8) is 0 Å². The molecular weight excluding hydrogens is 483 g/mol. The van der Waals surface area contributed by atoms with Crippen LogP contribution in [0.1, 0.15) is 22.0 Å². The molecule has 0 unspecified atom stereocenters. The molecule has 0 saturated carbocycles. The minimum atomic E-state index is -0.792. The molecule has 13 heteroatoms. The van der Waals surface area contributed by atoms with Gasteiger partial charge >= 0.3 is 0 Å². The number of hydrogen-bond acceptors (Lipinski definition) is 6. The summed E-state index contributed by atoms with van der Waals surface area (Å²) in [6.45, 7) is 1.71. The van der Waals surface area contributed by atoms with E-state index in [1.165, 1.54) is 21.5 Å². The van der Waals surface area contributed by atoms with E-state index in [-0.39, 0.29) is 27.6 Å².